The van der Waals surface area contributed by atoms with Crippen LogP contribution in [-0.2, 0) is 11.2 Å². The van der Waals surface area contributed by atoms with Gasteiger partial charge in [0.15, 0.2) is 11.5 Å². The minimum Gasteiger partial charge on any atom is -0.493 e. The number of methoxy groups -OCH3 is 2. The Hall–Kier alpha value is -2.79. The lowest BCUT2D eigenvalue weighted by Crippen LogP contribution is -2.56. The van der Waals surface area contributed by atoms with Gasteiger partial charge in [-0.05, 0) is 48.6 Å². The predicted molar refractivity (Wildman–Crippen MR) is 119 cm³/mol. The second-order valence-corrected chi connectivity index (χ2v) is 8.05. The molecule has 5 nitrogen and oxygen atoms in total. The molecule has 1 aliphatic carbocycles. The summed E-state index contributed by atoms with van der Waals surface area (Å²) < 4.78 is 10.7. The van der Waals surface area contributed by atoms with E-state index in [-0.39, 0.29) is 11.9 Å². The van der Waals surface area contributed by atoms with Gasteiger partial charge in [-0.15, -0.1) is 0 Å². The highest BCUT2D eigenvalue weighted by Crippen LogP contribution is 2.30. The van der Waals surface area contributed by atoms with E-state index in [4.69, 9.17) is 9.47 Å². The SMILES string of the molecule is COc1ccc(/C=C/C(=O)N2CCN(C3CC3)CC2Cc2ccccc2)cc1OC. The Morgan fingerprint density at radius 1 is 1.03 bits per heavy atom. The maximum atomic E-state index is 13.1. The molecule has 0 N–H and O–H groups in total. The van der Waals surface area contributed by atoms with Crippen LogP contribution in [0.25, 0.3) is 6.08 Å². The molecule has 1 heterocycles. The molecule has 2 aromatic carbocycles. The first kappa shape index (κ1) is 20.5. The van der Waals surface area contributed by atoms with Crippen LogP contribution in [0.15, 0.2) is 54.6 Å². The molecule has 0 radical (unpaired) electrons. The fourth-order valence-corrected chi connectivity index (χ4v) is 4.22. The molecule has 158 valence electrons. The van der Waals surface area contributed by atoms with Crippen LogP contribution in [0.2, 0.25) is 0 Å². The number of ether oxygens (including phenoxy) is 2. The maximum absolute atomic E-state index is 13.1. The number of rotatable bonds is 7. The van der Waals surface area contributed by atoms with Crippen molar-refractivity contribution in [2.45, 2.75) is 31.3 Å². The fraction of sp³-hybridized carbons (Fsp3) is 0.400. The highest BCUT2D eigenvalue weighted by molar-refractivity contribution is 5.92. The van der Waals surface area contributed by atoms with Crippen LogP contribution in [0.3, 0.4) is 0 Å². The summed E-state index contributed by atoms with van der Waals surface area (Å²) in [6.07, 6.45) is 7.03. The van der Waals surface area contributed by atoms with E-state index in [1.54, 1.807) is 20.3 Å². The highest BCUT2D eigenvalue weighted by atomic mass is 16.5. The molecule has 5 heteroatoms. The Kier molecular flexibility index (Phi) is 6.38. The quantitative estimate of drug-likeness (QED) is 0.659. The van der Waals surface area contributed by atoms with Gasteiger partial charge in [0.25, 0.3) is 0 Å². The number of carbonyl (C=O) groups excluding carboxylic acids is 1. The van der Waals surface area contributed by atoms with Crippen molar-refractivity contribution in [1.82, 2.24) is 9.80 Å². The van der Waals surface area contributed by atoms with Crippen LogP contribution in [0.4, 0.5) is 0 Å². The monoisotopic (exact) mass is 406 g/mol. The molecule has 1 saturated carbocycles. The van der Waals surface area contributed by atoms with Crippen LogP contribution in [0.5, 0.6) is 11.5 Å². The number of benzene rings is 2. The molecule has 1 saturated heterocycles. The van der Waals surface area contributed by atoms with Crippen molar-refractivity contribution < 1.29 is 14.3 Å². The van der Waals surface area contributed by atoms with E-state index in [0.29, 0.717) is 11.5 Å². The van der Waals surface area contributed by atoms with Crippen molar-refractivity contribution in [2.75, 3.05) is 33.9 Å². The molecule has 2 fully saturated rings. The third-order valence-electron chi connectivity index (χ3n) is 6.00. The standard InChI is InChI=1S/C25H30N2O3/c1-29-23-12-8-20(17-24(23)30-2)9-13-25(28)27-15-14-26(21-10-11-21)18-22(27)16-19-6-4-3-5-7-19/h3-9,12-13,17,21-22H,10-11,14-16,18H2,1-2H3/b13-9+. The average molecular weight is 407 g/mol. The van der Waals surface area contributed by atoms with E-state index in [2.05, 4.69) is 29.2 Å². The molecule has 0 aromatic heterocycles. The molecular formula is C25H30N2O3. The molecule has 4 rings (SSSR count). The molecule has 0 spiro atoms. The highest BCUT2D eigenvalue weighted by Gasteiger charge is 2.36. The van der Waals surface area contributed by atoms with Crippen molar-refractivity contribution in [3.8, 4) is 11.5 Å². The second kappa shape index (κ2) is 9.35. The van der Waals surface area contributed by atoms with Gasteiger partial charge in [-0.25, -0.2) is 0 Å². The molecule has 1 aliphatic heterocycles. The molecular weight excluding hydrogens is 376 g/mol. The van der Waals surface area contributed by atoms with E-state index in [1.807, 2.05) is 35.2 Å². The topological polar surface area (TPSA) is 42.0 Å². The summed E-state index contributed by atoms with van der Waals surface area (Å²) in [6, 6.07) is 17.1. The number of hydrogen-bond acceptors (Lipinski definition) is 4. The molecule has 1 amide bonds. The van der Waals surface area contributed by atoms with Crippen LogP contribution in [0.1, 0.15) is 24.0 Å². The number of hydrogen-bond donors (Lipinski definition) is 0. The predicted octanol–water partition coefficient (Wildman–Crippen LogP) is 3.63. The van der Waals surface area contributed by atoms with Gasteiger partial charge in [-0.3, -0.25) is 9.69 Å². The minimum atomic E-state index is 0.0705. The maximum Gasteiger partial charge on any atom is 0.246 e. The summed E-state index contributed by atoms with van der Waals surface area (Å²) in [5, 5.41) is 0. The normalized spacial score (nSPS) is 19.8. The fourth-order valence-electron chi connectivity index (χ4n) is 4.22. The zero-order chi connectivity index (χ0) is 20.9. The van der Waals surface area contributed by atoms with E-state index in [1.165, 1.54) is 18.4 Å². The van der Waals surface area contributed by atoms with Crippen LogP contribution < -0.4 is 9.47 Å². The zero-order valence-electron chi connectivity index (χ0n) is 17.8. The first-order valence-corrected chi connectivity index (χ1v) is 10.7. The third kappa shape index (κ3) is 4.85. The first-order chi connectivity index (χ1) is 14.7. The largest absolute Gasteiger partial charge is 0.493 e. The van der Waals surface area contributed by atoms with Gasteiger partial charge < -0.3 is 14.4 Å². The van der Waals surface area contributed by atoms with Gasteiger partial charge in [-0.2, -0.15) is 0 Å². The summed E-state index contributed by atoms with van der Waals surface area (Å²) in [6.45, 7) is 2.70. The lowest BCUT2D eigenvalue weighted by molar-refractivity contribution is -0.130. The van der Waals surface area contributed by atoms with Gasteiger partial charge in [0.2, 0.25) is 5.91 Å². The molecule has 30 heavy (non-hydrogen) atoms. The van der Waals surface area contributed by atoms with Crippen LogP contribution in [0, 0.1) is 0 Å². The third-order valence-corrected chi connectivity index (χ3v) is 6.00. The van der Waals surface area contributed by atoms with E-state index >= 15 is 0 Å². The summed E-state index contributed by atoms with van der Waals surface area (Å²) in [5.74, 6) is 1.41. The summed E-state index contributed by atoms with van der Waals surface area (Å²) in [5.41, 5.74) is 2.19. The van der Waals surface area contributed by atoms with Gasteiger partial charge >= 0.3 is 0 Å². The molecule has 0 bridgehead atoms. The second-order valence-electron chi connectivity index (χ2n) is 8.05. The molecule has 1 atom stereocenters. The lowest BCUT2D eigenvalue weighted by atomic mass is 10.0. The average Bonchev–Trinajstić information content (AvgIpc) is 3.63. The van der Waals surface area contributed by atoms with Gasteiger partial charge in [0, 0.05) is 37.8 Å². The van der Waals surface area contributed by atoms with E-state index in [9.17, 15) is 4.79 Å². The number of piperazine rings is 1. The van der Waals surface area contributed by atoms with Gasteiger partial charge in [0.1, 0.15) is 0 Å². The summed E-state index contributed by atoms with van der Waals surface area (Å²) in [4.78, 5) is 17.7. The Morgan fingerprint density at radius 3 is 2.50 bits per heavy atom. The van der Waals surface area contributed by atoms with Gasteiger partial charge in [0.05, 0.1) is 14.2 Å². The van der Waals surface area contributed by atoms with Crippen LogP contribution >= 0.6 is 0 Å². The van der Waals surface area contributed by atoms with Gasteiger partial charge in [-0.1, -0.05) is 36.4 Å². The Balaban J connectivity index is 1.48. The van der Waals surface area contributed by atoms with Crippen molar-refractivity contribution in [3.05, 3.63) is 65.7 Å². The number of amides is 1. The first-order valence-electron chi connectivity index (χ1n) is 10.7. The molecule has 1 unspecified atom stereocenters. The van der Waals surface area contributed by atoms with Crippen molar-refractivity contribution in [2.24, 2.45) is 0 Å². The smallest absolute Gasteiger partial charge is 0.246 e. The minimum absolute atomic E-state index is 0.0705. The van der Waals surface area contributed by atoms with Crippen LogP contribution in [-0.4, -0.2) is 61.6 Å². The number of nitrogens with zero attached hydrogens (tertiary/aromatic N) is 2. The van der Waals surface area contributed by atoms with Crippen molar-refractivity contribution in [1.29, 1.82) is 0 Å². The summed E-state index contributed by atoms with van der Waals surface area (Å²) in [7, 11) is 3.23. The Morgan fingerprint density at radius 2 is 1.80 bits per heavy atom. The molecule has 2 aliphatic rings. The molecule has 2 aromatic rings. The van der Waals surface area contributed by atoms with Crippen molar-refractivity contribution >= 4 is 12.0 Å². The lowest BCUT2D eigenvalue weighted by Gasteiger charge is -2.41. The van der Waals surface area contributed by atoms with E-state index < -0.39 is 0 Å². The Labute approximate surface area is 178 Å². The number of carbonyl (C=O) groups is 1. The van der Waals surface area contributed by atoms with E-state index in [0.717, 1.165) is 37.7 Å². The van der Waals surface area contributed by atoms with Crippen molar-refractivity contribution in [3.63, 3.8) is 0 Å². The Bertz CT molecular complexity index is 893. The summed E-state index contributed by atoms with van der Waals surface area (Å²) >= 11 is 0. The zero-order valence-corrected chi connectivity index (χ0v) is 17.8.